The monoisotopic (exact) mass is 250 g/mol. The fraction of sp³-hybridized carbons (Fsp3) is 0.500. The van der Waals surface area contributed by atoms with E-state index in [0.717, 1.165) is 28.8 Å². The van der Waals surface area contributed by atoms with Crippen molar-refractivity contribution in [2.75, 3.05) is 11.9 Å². The van der Waals surface area contributed by atoms with E-state index >= 15 is 0 Å². The van der Waals surface area contributed by atoms with Crippen LogP contribution in [0.25, 0.3) is 10.6 Å². The third-order valence-corrected chi connectivity index (χ3v) is 3.41. The second-order valence-electron chi connectivity index (χ2n) is 4.34. The molecule has 2 rings (SSSR count). The third-order valence-electron chi connectivity index (χ3n) is 2.44. The molecule has 0 radical (unpaired) electrons. The quantitative estimate of drug-likeness (QED) is 0.886. The van der Waals surface area contributed by atoms with Crippen molar-refractivity contribution in [3.8, 4) is 10.6 Å². The summed E-state index contributed by atoms with van der Waals surface area (Å²) in [5.74, 6) is 0.628. The Bertz CT molecular complexity index is 472. The molecule has 0 aliphatic heterocycles. The summed E-state index contributed by atoms with van der Waals surface area (Å²) in [6.07, 6.45) is 3.75. The van der Waals surface area contributed by atoms with E-state index in [9.17, 15) is 0 Å². The van der Waals surface area contributed by atoms with Gasteiger partial charge in [0.1, 0.15) is 0 Å². The number of hydrogen-bond acceptors (Lipinski definition) is 4. The van der Waals surface area contributed by atoms with E-state index in [-0.39, 0.29) is 0 Å². The molecule has 0 bridgehead atoms. The highest BCUT2D eigenvalue weighted by molar-refractivity contribution is 7.18. The lowest BCUT2D eigenvalue weighted by molar-refractivity contribution is 0.668. The zero-order valence-corrected chi connectivity index (χ0v) is 11.3. The summed E-state index contributed by atoms with van der Waals surface area (Å²) >= 11 is 1.68. The van der Waals surface area contributed by atoms with Gasteiger partial charge < -0.3 is 5.32 Å². The molecule has 0 spiro atoms. The number of aromatic nitrogens is 3. The highest BCUT2D eigenvalue weighted by Crippen LogP contribution is 2.28. The highest BCUT2D eigenvalue weighted by Gasteiger charge is 2.08. The van der Waals surface area contributed by atoms with Crippen LogP contribution in [0.3, 0.4) is 0 Å². The van der Waals surface area contributed by atoms with Gasteiger partial charge in [0.2, 0.25) is 0 Å². The Balaban J connectivity index is 2.12. The largest absolute Gasteiger partial charge is 0.361 e. The van der Waals surface area contributed by atoms with E-state index in [1.165, 1.54) is 0 Å². The molecule has 0 aliphatic carbocycles. The SMILES string of the molecule is CCn1nccc1-c1cnc(NCC(C)C)s1. The predicted molar refractivity (Wildman–Crippen MR) is 72.3 cm³/mol. The van der Waals surface area contributed by atoms with E-state index in [2.05, 4.69) is 36.2 Å². The number of nitrogens with zero attached hydrogens (tertiary/aromatic N) is 3. The van der Waals surface area contributed by atoms with Crippen LogP contribution in [0.4, 0.5) is 5.13 Å². The minimum atomic E-state index is 0.628. The number of anilines is 1. The molecule has 0 amide bonds. The van der Waals surface area contributed by atoms with Gasteiger partial charge in [-0.25, -0.2) is 4.98 Å². The summed E-state index contributed by atoms with van der Waals surface area (Å²) in [4.78, 5) is 5.55. The van der Waals surface area contributed by atoms with Gasteiger partial charge in [-0.3, -0.25) is 4.68 Å². The molecule has 0 unspecified atom stereocenters. The van der Waals surface area contributed by atoms with Crippen LogP contribution in [-0.4, -0.2) is 21.3 Å². The highest BCUT2D eigenvalue weighted by atomic mass is 32.1. The van der Waals surface area contributed by atoms with Crippen LogP contribution in [0.15, 0.2) is 18.5 Å². The van der Waals surface area contributed by atoms with E-state index in [0.29, 0.717) is 5.92 Å². The lowest BCUT2D eigenvalue weighted by atomic mass is 10.2. The van der Waals surface area contributed by atoms with Gasteiger partial charge in [0, 0.05) is 25.5 Å². The van der Waals surface area contributed by atoms with Gasteiger partial charge in [-0.05, 0) is 18.9 Å². The number of hydrogen-bond donors (Lipinski definition) is 1. The normalized spacial score (nSPS) is 11.1. The maximum Gasteiger partial charge on any atom is 0.183 e. The van der Waals surface area contributed by atoms with Crippen LogP contribution in [0.5, 0.6) is 0 Å². The second kappa shape index (κ2) is 5.31. The number of thiazole rings is 1. The minimum Gasteiger partial charge on any atom is -0.361 e. The van der Waals surface area contributed by atoms with E-state index in [4.69, 9.17) is 0 Å². The topological polar surface area (TPSA) is 42.7 Å². The van der Waals surface area contributed by atoms with Crippen molar-refractivity contribution in [1.82, 2.24) is 14.8 Å². The summed E-state index contributed by atoms with van der Waals surface area (Å²) in [6, 6.07) is 2.03. The summed E-state index contributed by atoms with van der Waals surface area (Å²) in [7, 11) is 0. The fourth-order valence-corrected chi connectivity index (χ4v) is 2.41. The van der Waals surface area contributed by atoms with E-state index in [1.54, 1.807) is 11.3 Å². The molecule has 17 heavy (non-hydrogen) atoms. The Morgan fingerprint density at radius 3 is 3.00 bits per heavy atom. The average Bonchev–Trinajstić information content (AvgIpc) is 2.94. The lowest BCUT2D eigenvalue weighted by Gasteiger charge is -2.04. The van der Waals surface area contributed by atoms with Gasteiger partial charge in [-0.2, -0.15) is 5.10 Å². The van der Waals surface area contributed by atoms with E-state index in [1.807, 2.05) is 23.1 Å². The van der Waals surface area contributed by atoms with Gasteiger partial charge in [-0.1, -0.05) is 25.2 Å². The molecule has 0 saturated heterocycles. The van der Waals surface area contributed by atoms with Gasteiger partial charge in [0.25, 0.3) is 0 Å². The Morgan fingerprint density at radius 2 is 2.29 bits per heavy atom. The predicted octanol–water partition coefficient (Wildman–Crippen LogP) is 3.09. The van der Waals surface area contributed by atoms with Gasteiger partial charge >= 0.3 is 0 Å². The maximum absolute atomic E-state index is 4.39. The second-order valence-corrected chi connectivity index (χ2v) is 5.37. The minimum absolute atomic E-state index is 0.628. The Morgan fingerprint density at radius 1 is 1.47 bits per heavy atom. The average molecular weight is 250 g/mol. The molecule has 1 N–H and O–H groups in total. The van der Waals surface area contributed by atoms with Crippen LogP contribution in [0.1, 0.15) is 20.8 Å². The smallest absolute Gasteiger partial charge is 0.183 e. The molecular weight excluding hydrogens is 232 g/mol. The van der Waals surface area contributed by atoms with Crippen molar-refractivity contribution < 1.29 is 0 Å². The first-order chi connectivity index (χ1) is 8.20. The Hall–Kier alpha value is -1.36. The van der Waals surface area contributed by atoms with Crippen LogP contribution < -0.4 is 5.32 Å². The molecule has 5 heteroatoms. The summed E-state index contributed by atoms with van der Waals surface area (Å²) in [6.45, 7) is 8.31. The zero-order valence-electron chi connectivity index (χ0n) is 10.5. The third kappa shape index (κ3) is 2.85. The lowest BCUT2D eigenvalue weighted by Crippen LogP contribution is -2.07. The van der Waals surface area contributed by atoms with Crippen LogP contribution in [0, 0.1) is 5.92 Å². The Labute approximate surface area is 106 Å². The molecule has 2 heterocycles. The summed E-state index contributed by atoms with van der Waals surface area (Å²) in [5.41, 5.74) is 1.14. The first-order valence-electron chi connectivity index (χ1n) is 5.92. The molecule has 2 aromatic rings. The molecule has 0 saturated carbocycles. The number of rotatable bonds is 5. The zero-order chi connectivity index (χ0) is 12.3. The maximum atomic E-state index is 4.39. The van der Waals surface area contributed by atoms with Crippen molar-refractivity contribution in [3.05, 3.63) is 18.5 Å². The molecule has 0 aliphatic rings. The van der Waals surface area contributed by atoms with Gasteiger partial charge in [-0.15, -0.1) is 0 Å². The van der Waals surface area contributed by atoms with Crippen molar-refractivity contribution in [3.63, 3.8) is 0 Å². The fourth-order valence-electron chi connectivity index (χ4n) is 1.56. The van der Waals surface area contributed by atoms with Crippen molar-refractivity contribution >= 4 is 16.5 Å². The van der Waals surface area contributed by atoms with Crippen molar-refractivity contribution in [2.24, 2.45) is 5.92 Å². The Kier molecular flexibility index (Phi) is 3.78. The first-order valence-corrected chi connectivity index (χ1v) is 6.74. The molecule has 0 fully saturated rings. The standard InChI is InChI=1S/C12H18N4S/c1-4-16-10(5-6-15-16)11-8-14-12(17-11)13-7-9(2)3/h5-6,8-9H,4,7H2,1-3H3,(H,13,14). The van der Waals surface area contributed by atoms with Crippen LogP contribution in [0.2, 0.25) is 0 Å². The van der Waals surface area contributed by atoms with E-state index < -0.39 is 0 Å². The molecular formula is C12H18N4S. The van der Waals surface area contributed by atoms with Crippen LogP contribution in [-0.2, 0) is 6.54 Å². The molecule has 0 atom stereocenters. The molecule has 4 nitrogen and oxygen atoms in total. The van der Waals surface area contributed by atoms with Crippen molar-refractivity contribution in [2.45, 2.75) is 27.3 Å². The summed E-state index contributed by atoms with van der Waals surface area (Å²) in [5, 5.41) is 8.60. The first kappa shape index (κ1) is 12.1. The van der Waals surface area contributed by atoms with Crippen molar-refractivity contribution in [1.29, 1.82) is 0 Å². The van der Waals surface area contributed by atoms with Crippen LogP contribution >= 0.6 is 11.3 Å². The molecule has 92 valence electrons. The number of aryl methyl sites for hydroxylation is 1. The molecule has 0 aromatic carbocycles. The molecule has 2 aromatic heterocycles. The van der Waals surface area contributed by atoms with Gasteiger partial charge in [0.05, 0.1) is 10.6 Å². The number of nitrogens with one attached hydrogen (secondary N) is 1. The summed E-state index contributed by atoms with van der Waals surface area (Å²) < 4.78 is 1.99. The van der Waals surface area contributed by atoms with Gasteiger partial charge in [0.15, 0.2) is 5.13 Å².